The van der Waals surface area contributed by atoms with Gasteiger partial charge in [-0.2, -0.15) is 5.26 Å². The second kappa shape index (κ2) is 8.52. The number of nitrogens with zero attached hydrogens (tertiary/aromatic N) is 1. The number of hydrogen-bond acceptors (Lipinski definition) is 4. The van der Waals surface area contributed by atoms with Crippen LogP contribution in [0.25, 0.3) is 0 Å². The maximum Gasteiger partial charge on any atom is 0.178 e. The third-order valence-electron chi connectivity index (χ3n) is 12.6. The molecular weight excluding hydrogens is 444 g/mol. The van der Waals surface area contributed by atoms with E-state index in [2.05, 4.69) is 47.6 Å². The van der Waals surface area contributed by atoms with Crippen molar-refractivity contribution in [1.82, 2.24) is 0 Å². The van der Waals surface area contributed by atoms with E-state index in [1.165, 1.54) is 0 Å². The van der Waals surface area contributed by atoms with Crippen molar-refractivity contribution in [2.45, 2.75) is 113 Å². The monoisotopic (exact) mass is 494 g/mol. The van der Waals surface area contributed by atoms with Gasteiger partial charge >= 0.3 is 0 Å². The van der Waals surface area contributed by atoms with Gasteiger partial charge < -0.3 is 5.73 Å². The molecule has 0 heterocycles. The van der Waals surface area contributed by atoms with Gasteiger partial charge in [-0.3, -0.25) is 9.59 Å². The Morgan fingerprint density at radius 2 is 1.50 bits per heavy atom. The summed E-state index contributed by atoms with van der Waals surface area (Å²) in [5.74, 6) is 0.730. The maximum atomic E-state index is 14.2. The SMILES string of the molecule is CC1(C)CCC2C(=O)C[C@@H]3[C@@]4(C)C=C(C#N)C(=O)C(C)(C)[C@@H]4CC[C@@]3(C)[C@]2(C)CC[C@@](C)(CN)CC1. The Morgan fingerprint density at radius 1 is 0.861 bits per heavy atom. The van der Waals surface area contributed by atoms with Crippen LogP contribution in [0.1, 0.15) is 113 Å². The van der Waals surface area contributed by atoms with Crippen LogP contribution in [0.3, 0.4) is 0 Å². The first kappa shape index (κ1) is 27.6. The molecule has 7 atom stereocenters. The van der Waals surface area contributed by atoms with Crippen LogP contribution in [0.15, 0.2) is 11.6 Å². The number of Topliss-reactive ketones (excluding diaryl/α,β-unsaturated/α-hetero) is 2. The van der Waals surface area contributed by atoms with Crippen LogP contribution in [-0.4, -0.2) is 18.1 Å². The van der Waals surface area contributed by atoms with E-state index in [9.17, 15) is 14.9 Å². The van der Waals surface area contributed by atoms with E-state index < -0.39 is 5.41 Å². The highest BCUT2D eigenvalue weighted by molar-refractivity contribution is 6.04. The van der Waals surface area contributed by atoms with E-state index in [0.29, 0.717) is 24.3 Å². The minimum absolute atomic E-state index is 0.0260. The summed E-state index contributed by atoms with van der Waals surface area (Å²) < 4.78 is 0. The average Bonchev–Trinajstić information content (AvgIpc) is 2.80. The number of fused-ring (bicyclic) bond motifs is 5. The van der Waals surface area contributed by atoms with Gasteiger partial charge in [-0.05, 0) is 96.8 Å². The number of rotatable bonds is 1. The first-order valence-corrected chi connectivity index (χ1v) is 14.4. The summed E-state index contributed by atoms with van der Waals surface area (Å²) in [4.78, 5) is 27.4. The van der Waals surface area contributed by atoms with Gasteiger partial charge in [0, 0.05) is 17.8 Å². The van der Waals surface area contributed by atoms with E-state index in [-0.39, 0.29) is 50.6 Å². The number of hydrogen-bond donors (Lipinski definition) is 1. The van der Waals surface area contributed by atoms with Gasteiger partial charge in [-0.25, -0.2) is 0 Å². The topological polar surface area (TPSA) is 84.0 Å². The number of nitrogens with two attached hydrogens (primary N) is 1. The Labute approximate surface area is 219 Å². The van der Waals surface area contributed by atoms with Crippen LogP contribution in [0, 0.1) is 61.6 Å². The maximum absolute atomic E-state index is 14.2. The lowest BCUT2D eigenvalue weighted by Gasteiger charge is -2.68. The van der Waals surface area contributed by atoms with Crippen LogP contribution in [0.5, 0.6) is 0 Å². The molecule has 0 spiro atoms. The second-order valence-electron chi connectivity index (χ2n) is 15.5. The van der Waals surface area contributed by atoms with Crippen LogP contribution < -0.4 is 5.73 Å². The van der Waals surface area contributed by atoms with Crippen LogP contribution >= 0.6 is 0 Å². The predicted molar refractivity (Wildman–Crippen MR) is 145 cm³/mol. The van der Waals surface area contributed by atoms with Crippen molar-refractivity contribution < 1.29 is 9.59 Å². The van der Waals surface area contributed by atoms with E-state index >= 15 is 0 Å². The van der Waals surface area contributed by atoms with Crippen molar-refractivity contribution in [3.05, 3.63) is 11.6 Å². The number of nitriles is 1. The third kappa shape index (κ3) is 3.86. The van der Waals surface area contributed by atoms with Gasteiger partial charge in [-0.15, -0.1) is 0 Å². The molecule has 0 aromatic rings. The largest absolute Gasteiger partial charge is 0.330 e. The quantitative estimate of drug-likeness (QED) is 0.424. The summed E-state index contributed by atoms with van der Waals surface area (Å²) in [5.41, 5.74) is 5.87. The predicted octanol–water partition coefficient (Wildman–Crippen LogP) is 7.02. The lowest BCUT2D eigenvalue weighted by Crippen LogP contribution is -2.65. The van der Waals surface area contributed by atoms with E-state index in [4.69, 9.17) is 5.73 Å². The van der Waals surface area contributed by atoms with Gasteiger partial charge in [0.05, 0.1) is 5.57 Å². The molecule has 36 heavy (non-hydrogen) atoms. The van der Waals surface area contributed by atoms with Crippen molar-refractivity contribution >= 4 is 11.6 Å². The number of allylic oxidation sites excluding steroid dienone is 2. The molecule has 4 aliphatic carbocycles. The van der Waals surface area contributed by atoms with E-state index in [1.54, 1.807) is 0 Å². The standard InChI is InChI=1S/C32H50N2O2/c1-27(2)11-9-22-23(35)17-25-30(6)18-21(19-33)26(36)28(3,4)24(30)10-12-32(25,8)31(22,7)16-15-29(5,20-34)14-13-27/h18,22,24-25H,9-17,20,34H2,1-8H3/t22?,24-,25+,29-,30-,31+,32+/m0/s1. The van der Waals surface area contributed by atoms with Gasteiger partial charge in [0.1, 0.15) is 11.9 Å². The molecule has 4 heteroatoms. The lowest BCUT2D eigenvalue weighted by atomic mass is 9.35. The Morgan fingerprint density at radius 3 is 2.11 bits per heavy atom. The number of carbonyl (C=O) groups excluding carboxylic acids is 2. The molecule has 0 aromatic carbocycles. The van der Waals surface area contributed by atoms with Gasteiger partial charge in [0.15, 0.2) is 5.78 Å². The minimum Gasteiger partial charge on any atom is -0.330 e. The molecule has 0 aliphatic heterocycles. The summed E-state index contributed by atoms with van der Waals surface area (Å²) in [6.07, 6.45) is 11.0. The molecule has 4 rings (SSSR count). The molecule has 0 bridgehead atoms. The zero-order chi connectivity index (χ0) is 26.9. The Bertz CT molecular complexity index is 1020. The molecule has 0 amide bonds. The highest BCUT2D eigenvalue weighted by Gasteiger charge is 2.68. The van der Waals surface area contributed by atoms with Crippen molar-refractivity contribution in [1.29, 1.82) is 5.26 Å². The lowest BCUT2D eigenvalue weighted by molar-refractivity contribution is -0.191. The molecule has 0 saturated heterocycles. The fraction of sp³-hybridized carbons (Fsp3) is 0.844. The number of carbonyl (C=O) groups is 2. The van der Waals surface area contributed by atoms with Crippen LogP contribution in [0.4, 0.5) is 0 Å². The first-order valence-electron chi connectivity index (χ1n) is 14.4. The van der Waals surface area contributed by atoms with Crippen LogP contribution in [-0.2, 0) is 9.59 Å². The zero-order valence-corrected chi connectivity index (χ0v) is 24.2. The van der Waals surface area contributed by atoms with E-state index in [0.717, 1.165) is 51.4 Å². The Hall–Kier alpha value is -1.47. The molecule has 2 N–H and O–H groups in total. The van der Waals surface area contributed by atoms with E-state index in [1.807, 2.05) is 19.9 Å². The Balaban J connectivity index is 1.85. The zero-order valence-electron chi connectivity index (χ0n) is 24.2. The van der Waals surface area contributed by atoms with Gasteiger partial charge in [-0.1, -0.05) is 61.5 Å². The summed E-state index contributed by atoms with van der Waals surface area (Å²) in [5, 5.41) is 9.89. The highest BCUT2D eigenvalue weighted by atomic mass is 16.1. The number of ketones is 2. The fourth-order valence-electron chi connectivity index (χ4n) is 9.52. The fourth-order valence-corrected chi connectivity index (χ4v) is 9.52. The molecule has 0 radical (unpaired) electrons. The Kier molecular flexibility index (Phi) is 6.52. The molecule has 4 nitrogen and oxygen atoms in total. The normalized spacial score (nSPS) is 46.4. The van der Waals surface area contributed by atoms with Crippen molar-refractivity contribution in [2.24, 2.45) is 56.0 Å². The summed E-state index contributed by atoms with van der Waals surface area (Å²) in [6, 6.07) is 2.23. The third-order valence-corrected chi connectivity index (χ3v) is 12.6. The highest BCUT2D eigenvalue weighted by Crippen LogP contribution is 2.72. The average molecular weight is 495 g/mol. The minimum atomic E-state index is -0.588. The molecule has 3 fully saturated rings. The van der Waals surface area contributed by atoms with Crippen molar-refractivity contribution in [2.75, 3.05) is 6.54 Å². The smallest absolute Gasteiger partial charge is 0.178 e. The summed E-state index contributed by atoms with van der Waals surface area (Å²) in [7, 11) is 0. The molecule has 3 saturated carbocycles. The van der Waals surface area contributed by atoms with Gasteiger partial charge in [0.2, 0.25) is 0 Å². The summed E-state index contributed by atoms with van der Waals surface area (Å²) in [6.45, 7) is 19.0. The molecule has 1 unspecified atom stereocenters. The molecule has 0 aromatic heterocycles. The second-order valence-corrected chi connectivity index (χ2v) is 15.5. The molecule has 200 valence electrons. The molecule has 4 aliphatic rings. The molecular formula is C32H50N2O2. The van der Waals surface area contributed by atoms with Crippen molar-refractivity contribution in [3.8, 4) is 6.07 Å². The summed E-state index contributed by atoms with van der Waals surface area (Å²) >= 11 is 0. The van der Waals surface area contributed by atoms with Crippen LogP contribution in [0.2, 0.25) is 0 Å². The van der Waals surface area contributed by atoms with Gasteiger partial charge in [0.25, 0.3) is 0 Å². The first-order chi connectivity index (χ1) is 16.5. The van der Waals surface area contributed by atoms with Crippen molar-refractivity contribution in [3.63, 3.8) is 0 Å².